The molecule has 0 N–H and O–H groups in total. The van der Waals surface area contributed by atoms with Crippen LogP contribution in [0.2, 0.25) is 0 Å². The number of ether oxygens (including phenoxy) is 1. The van der Waals surface area contributed by atoms with E-state index in [0.29, 0.717) is 6.10 Å². The third kappa shape index (κ3) is 1.43. The van der Waals surface area contributed by atoms with Crippen LogP contribution in [0.3, 0.4) is 0 Å². The molecule has 0 aromatic carbocycles. The maximum Gasteiger partial charge on any atom is 0.0578 e. The Bertz CT molecular complexity index is 215. The van der Waals surface area contributed by atoms with Crippen molar-refractivity contribution in [2.24, 2.45) is 17.8 Å². The molecule has 13 heavy (non-hydrogen) atoms. The van der Waals surface area contributed by atoms with Gasteiger partial charge < -0.3 is 4.74 Å². The van der Waals surface area contributed by atoms with Crippen molar-refractivity contribution in [2.45, 2.75) is 38.2 Å². The first-order valence-electron chi connectivity index (χ1n) is 5.72. The van der Waals surface area contributed by atoms with E-state index in [1.807, 2.05) is 0 Å². The standard InChI is InChI=1S/C12H18O/c1-2-12(13-5-1)8-11-7-9-3-4-10(11)6-9/h3-4,9-12H,1-2,5-8H2. The van der Waals surface area contributed by atoms with Crippen LogP contribution in [0, 0.1) is 17.8 Å². The minimum atomic E-state index is 0.609. The van der Waals surface area contributed by atoms with Crippen molar-refractivity contribution in [1.82, 2.24) is 0 Å². The maximum absolute atomic E-state index is 5.70. The topological polar surface area (TPSA) is 9.23 Å². The van der Waals surface area contributed by atoms with Gasteiger partial charge in [0.1, 0.15) is 0 Å². The second-order valence-corrected chi connectivity index (χ2v) is 4.91. The van der Waals surface area contributed by atoms with Gasteiger partial charge in [-0.3, -0.25) is 0 Å². The van der Waals surface area contributed by atoms with Crippen molar-refractivity contribution in [3.63, 3.8) is 0 Å². The Morgan fingerprint density at radius 3 is 2.85 bits per heavy atom. The van der Waals surface area contributed by atoms with E-state index in [-0.39, 0.29) is 0 Å². The van der Waals surface area contributed by atoms with Crippen LogP contribution in [-0.2, 0) is 4.74 Å². The Balaban J connectivity index is 1.58. The SMILES string of the molecule is C1=CC2CC1CC2CC1CCCO1. The predicted molar refractivity (Wildman–Crippen MR) is 52.4 cm³/mol. The number of rotatable bonds is 2. The van der Waals surface area contributed by atoms with Crippen molar-refractivity contribution in [3.8, 4) is 0 Å². The lowest BCUT2D eigenvalue weighted by Crippen LogP contribution is -2.16. The lowest BCUT2D eigenvalue weighted by Gasteiger charge is -2.21. The van der Waals surface area contributed by atoms with Crippen molar-refractivity contribution >= 4 is 0 Å². The van der Waals surface area contributed by atoms with Crippen LogP contribution >= 0.6 is 0 Å². The highest BCUT2D eigenvalue weighted by Crippen LogP contribution is 2.46. The zero-order valence-corrected chi connectivity index (χ0v) is 8.11. The molecule has 1 heterocycles. The molecule has 1 aliphatic heterocycles. The van der Waals surface area contributed by atoms with Gasteiger partial charge >= 0.3 is 0 Å². The number of hydrogen-bond donors (Lipinski definition) is 0. The molecule has 0 amide bonds. The van der Waals surface area contributed by atoms with E-state index in [0.717, 1.165) is 24.4 Å². The van der Waals surface area contributed by atoms with E-state index < -0.39 is 0 Å². The van der Waals surface area contributed by atoms with Gasteiger partial charge in [0.2, 0.25) is 0 Å². The molecule has 3 aliphatic rings. The van der Waals surface area contributed by atoms with Gasteiger partial charge in [-0.2, -0.15) is 0 Å². The Hall–Kier alpha value is -0.300. The van der Waals surface area contributed by atoms with E-state index in [1.54, 1.807) is 0 Å². The zero-order valence-electron chi connectivity index (χ0n) is 8.11. The average molecular weight is 178 g/mol. The van der Waals surface area contributed by atoms with Gasteiger partial charge in [0.05, 0.1) is 6.10 Å². The van der Waals surface area contributed by atoms with Crippen molar-refractivity contribution < 1.29 is 4.74 Å². The van der Waals surface area contributed by atoms with E-state index in [2.05, 4.69) is 12.2 Å². The first kappa shape index (κ1) is 8.05. The summed E-state index contributed by atoms with van der Waals surface area (Å²) in [5.41, 5.74) is 0. The highest BCUT2D eigenvalue weighted by Gasteiger charge is 2.37. The van der Waals surface area contributed by atoms with Gasteiger partial charge in [-0.1, -0.05) is 12.2 Å². The highest BCUT2D eigenvalue weighted by molar-refractivity contribution is 5.10. The van der Waals surface area contributed by atoms with Gasteiger partial charge in [0.15, 0.2) is 0 Å². The van der Waals surface area contributed by atoms with E-state index in [1.165, 1.54) is 32.1 Å². The maximum atomic E-state index is 5.70. The van der Waals surface area contributed by atoms with Crippen LogP contribution in [0.25, 0.3) is 0 Å². The number of allylic oxidation sites excluding steroid dienone is 2. The van der Waals surface area contributed by atoms with Crippen LogP contribution < -0.4 is 0 Å². The Labute approximate surface area is 80.2 Å². The molecular formula is C12H18O. The predicted octanol–water partition coefficient (Wildman–Crippen LogP) is 2.77. The molecule has 2 bridgehead atoms. The molecule has 1 saturated heterocycles. The molecule has 72 valence electrons. The molecule has 2 aliphatic carbocycles. The summed E-state index contributed by atoms with van der Waals surface area (Å²) in [6, 6.07) is 0. The smallest absolute Gasteiger partial charge is 0.0578 e. The molecule has 0 spiro atoms. The minimum absolute atomic E-state index is 0.609. The van der Waals surface area contributed by atoms with Crippen molar-refractivity contribution in [3.05, 3.63) is 12.2 Å². The summed E-state index contributed by atoms with van der Waals surface area (Å²) in [5, 5.41) is 0. The Morgan fingerprint density at radius 2 is 2.23 bits per heavy atom. The molecule has 1 saturated carbocycles. The zero-order chi connectivity index (χ0) is 8.67. The quantitative estimate of drug-likeness (QED) is 0.591. The first-order chi connectivity index (χ1) is 6.42. The second-order valence-electron chi connectivity index (χ2n) is 4.91. The summed E-state index contributed by atoms with van der Waals surface area (Å²) in [6.45, 7) is 1.02. The summed E-state index contributed by atoms with van der Waals surface area (Å²) < 4.78 is 5.70. The lowest BCUT2D eigenvalue weighted by atomic mass is 9.88. The minimum Gasteiger partial charge on any atom is -0.378 e. The van der Waals surface area contributed by atoms with Gasteiger partial charge in [0, 0.05) is 6.61 Å². The van der Waals surface area contributed by atoms with Crippen LogP contribution in [0.4, 0.5) is 0 Å². The third-order valence-corrected chi connectivity index (χ3v) is 4.01. The summed E-state index contributed by atoms with van der Waals surface area (Å²) >= 11 is 0. The molecule has 1 heteroatoms. The van der Waals surface area contributed by atoms with Crippen LogP contribution in [0.1, 0.15) is 32.1 Å². The summed E-state index contributed by atoms with van der Waals surface area (Å²) in [5.74, 6) is 2.80. The first-order valence-corrected chi connectivity index (χ1v) is 5.72. The summed E-state index contributed by atoms with van der Waals surface area (Å²) in [6.07, 6.45) is 12.3. The normalized spacial score (nSPS) is 47.7. The molecule has 0 aromatic rings. The van der Waals surface area contributed by atoms with E-state index in [9.17, 15) is 0 Å². The monoisotopic (exact) mass is 178 g/mol. The van der Waals surface area contributed by atoms with Gasteiger partial charge in [-0.25, -0.2) is 0 Å². The fourth-order valence-electron chi connectivity index (χ4n) is 3.33. The fourth-order valence-corrected chi connectivity index (χ4v) is 3.33. The van der Waals surface area contributed by atoms with E-state index in [4.69, 9.17) is 4.74 Å². The molecule has 3 rings (SSSR count). The summed E-state index contributed by atoms with van der Waals surface area (Å²) in [4.78, 5) is 0. The fraction of sp³-hybridized carbons (Fsp3) is 0.833. The largest absolute Gasteiger partial charge is 0.378 e. The van der Waals surface area contributed by atoms with Crippen molar-refractivity contribution in [1.29, 1.82) is 0 Å². The Kier molecular flexibility index (Phi) is 1.93. The average Bonchev–Trinajstić information content (AvgIpc) is 2.77. The molecule has 0 aromatic heterocycles. The third-order valence-electron chi connectivity index (χ3n) is 4.01. The molecule has 2 fully saturated rings. The molecule has 1 nitrogen and oxygen atoms in total. The Morgan fingerprint density at radius 1 is 1.23 bits per heavy atom. The lowest BCUT2D eigenvalue weighted by molar-refractivity contribution is 0.0856. The molecule has 4 atom stereocenters. The van der Waals surface area contributed by atoms with E-state index >= 15 is 0 Å². The van der Waals surface area contributed by atoms with Gasteiger partial charge in [-0.05, 0) is 49.9 Å². The van der Waals surface area contributed by atoms with Crippen LogP contribution in [-0.4, -0.2) is 12.7 Å². The number of fused-ring (bicyclic) bond motifs is 2. The van der Waals surface area contributed by atoms with Crippen LogP contribution in [0.5, 0.6) is 0 Å². The van der Waals surface area contributed by atoms with Gasteiger partial charge in [0.25, 0.3) is 0 Å². The number of hydrogen-bond acceptors (Lipinski definition) is 1. The van der Waals surface area contributed by atoms with Gasteiger partial charge in [-0.15, -0.1) is 0 Å². The summed E-state index contributed by atoms with van der Waals surface area (Å²) in [7, 11) is 0. The van der Waals surface area contributed by atoms with Crippen molar-refractivity contribution in [2.75, 3.05) is 6.61 Å². The van der Waals surface area contributed by atoms with Crippen LogP contribution in [0.15, 0.2) is 12.2 Å². The molecular weight excluding hydrogens is 160 g/mol. The molecule has 4 unspecified atom stereocenters. The molecule has 0 radical (unpaired) electrons. The highest BCUT2D eigenvalue weighted by atomic mass is 16.5. The second kappa shape index (κ2) is 3.13.